The molecular weight excluding hydrogens is 228 g/mol. The Hall–Kier alpha value is -2.43. The molecule has 18 heavy (non-hydrogen) atoms. The van der Waals surface area contributed by atoms with Gasteiger partial charge in [-0.2, -0.15) is 14.7 Å². The van der Waals surface area contributed by atoms with Crippen LogP contribution in [0.2, 0.25) is 0 Å². The molecule has 3 rings (SSSR count). The number of nitrogens with zero attached hydrogens (tertiary/aromatic N) is 3. The maximum atomic E-state index is 11.5. The van der Waals surface area contributed by atoms with Gasteiger partial charge in [-0.3, -0.25) is 0 Å². The maximum Gasteiger partial charge on any atom is 0.364 e. The van der Waals surface area contributed by atoms with Crippen molar-refractivity contribution < 1.29 is 0 Å². The average Bonchev–Trinajstić information content (AvgIpc) is 2.74. The lowest BCUT2D eigenvalue weighted by Crippen LogP contribution is -2.12. The zero-order valence-corrected chi connectivity index (χ0v) is 10.1. The molecule has 0 unspecified atom stereocenters. The molecule has 3 aromatic rings. The first-order valence-electron chi connectivity index (χ1n) is 5.67. The zero-order chi connectivity index (χ0) is 12.7. The van der Waals surface area contributed by atoms with Crippen LogP contribution in [-0.4, -0.2) is 19.8 Å². The number of aromatic nitrogens is 4. The van der Waals surface area contributed by atoms with Crippen LogP contribution in [0.5, 0.6) is 0 Å². The standard InChI is InChI=1S/C13H12N4O/c1-8-3-4-9(2)10(7-8)11-5-6-12-14-15-13(18)17(12)16-11/h3-7H,1-2H3,(H,15,18). The summed E-state index contributed by atoms with van der Waals surface area (Å²) in [6.45, 7) is 4.06. The van der Waals surface area contributed by atoms with Crippen LogP contribution in [0.25, 0.3) is 16.9 Å². The van der Waals surface area contributed by atoms with Gasteiger partial charge in [0.05, 0.1) is 5.69 Å². The number of benzene rings is 1. The van der Waals surface area contributed by atoms with E-state index >= 15 is 0 Å². The third-order valence-corrected chi connectivity index (χ3v) is 2.94. The summed E-state index contributed by atoms with van der Waals surface area (Å²) in [5.74, 6) is 0. The van der Waals surface area contributed by atoms with Gasteiger partial charge in [-0.05, 0) is 37.6 Å². The van der Waals surface area contributed by atoms with E-state index < -0.39 is 0 Å². The molecule has 0 radical (unpaired) electrons. The van der Waals surface area contributed by atoms with Crippen molar-refractivity contribution >= 4 is 5.65 Å². The molecule has 0 spiro atoms. The van der Waals surface area contributed by atoms with Crippen molar-refractivity contribution in [3.8, 4) is 11.3 Å². The first-order chi connectivity index (χ1) is 8.65. The first-order valence-corrected chi connectivity index (χ1v) is 5.67. The number of aromatic amines is 1. The number of fused-ring (bicyclic) bond motifs is 1. The molecule has 0 atom stereocenters. The smallest absolute Gasteiger partial charge is 0.244 e. The fourth-order valence-corrected chi connectivity index (χ4v) is 1.96. The van der Waals surface area contributed by atoms with Crippen LogP contribution in [-0.2, 0) is 0 Å². The maximum absolute atomic E-state index is 11.5. The van der Waals surface area contributed by atoms with Crippen LogP contribution < -0.4 is 5.69 Å². The van der Waals surface area contributed by atoms with Crippen molar-refractivity contribution in [2.75, 3.05) is 0 Å². The lowest BCUT2D eigenvalue weighted by Gasteiger charge is -2.06. The van der Waals surface area contributed by atoms with Gasteiger partial charge in [0.25, 0.3) is 0 Å². The van der Waals surface area contributed by atoms with Crippen molar-refractivity contribution in [1.82, 2.24) is 19.8 Å². The van der Waals surface area contributed by atoms with Gasteiger partial charge in [0, 0.05) is 5.56 Å². The van der Waals surface area contributed by atoms with Gasteiger partial charge in [0.15, 0.2) is 5.65 Å². The molecule has 2 heterocycles. The minimum atomic E-state index is -0.322. The molecular formula is C13H12N4O. The quantitative estimate of drug-likeness (QED) is 0.704. The Bertz CT molecular complexity index is 785. The van der Waals surface area contributed by atoms with Gasteiger partial charge in [-0.15, -0.1) is 0 Å². The van der Waals surface area contributed by atoms with Crippen LogP contribution in [0.15, 0.2) is 35.1 Å². The minimum Gasteiger partial charge on any atom is -0.244 e. The van der Waals surface area contributed by atoms with Gasteiger partial charge in [0.1, 0.15) is 0 Å². The van der Waals surface area contributed by atoms with Crippen LogP contribution in [0.3, 0.4) is 0 Å². The lowest BCUT2D eigenvalue weighted by molar-refractivity contribution is 0.884. The average molecular weight is 240 g/mol. The van der Waals surface area contributed by atoms with E-state index in [1.54, 1.807) is 6.07 Å². The number of rotatable bonds is 1. The molecule has 0 amide bonds. The highest BCUT2D eigenvalue weighted by Crippen LogP contribution is 2.22. The number of nitrogens with one attached hydrogen (secondary N) is 1. The fraction of sp³-hybridized carbons (Fsp3) is 0.154. The minimum absolute atomic E-state index is 0.322. The van der Waals surface area contributed by atoms with Crippen molar-refractivity contribution in [3.63, 3.8) is 0 Å². The molecule has 1 aromatic carbocycles. The summed E-state index contributed by atoms with van der Waals surface area (Å²) in [6, 6.07) is 9.82. The highest BCUT2D eigenvalue weighted by atomic mass is 16.2. The summed E-state index contributed by atoms with van der Waals surface area (Å²) in [7, 11) is 0. The second kappa shape index (κ2) is 3.80. The molecule has 0 bridgehead atoms. The van der Waals surface area contributed by atoms with Crippen LogP contribution in [0, 0.1) is 13.8 Å². The van der Waals surface area contributed by atoms with Crippen LogP contribution in [0.1, 0.15) is 11.1 Å². The third-order valence-electron chi connectivity index (χ3n) is 2.94. The molecule has 5 heteroatoms. The van der Waals surface area contributed by atoms with Gasteiger partial charge < -0.3 is 0 Å². The van der Waals surface area contributed by atoms with Crippen molar-refractivity contribution in [1.29, 1.82) is 0 Å². The summed E-state index contributed by atoms with van der Waals surface area (Å²) in [5, 5.41) is 10.5. The van der Waals surface area contributed by atoms with Gasteiger partial charge in [0.2, 0.25) is 0 Å². The second-order valence-electron chi connectivity index (χ2n) is 4.34. The summed E-state index contributed by atoms with van der Waals surface area (Å²) in [5.41, 5.74) is 4.30. The van der Waals surface area contributed by atoms with Gasteiger partial charge in [-0.25, -0.2) is 9.89 Å². The summed E-state index contributed by atoms with van der Waals surface area (Å²) < 4.78 is 1.27. The molecule has 90 valence electrons. The predicted octanol–water partition coefficient (Wildman–Crippen LogP) is 1.70. The molecule has 0 fully saturated rings. The van der Waals surface area contributed by atoms with Crippen LogP contribution in [0.4, 0.5) is 0 Å². The number of hydrogen-bond acceptors (Lipinski definition) is 3. The van der Waals surface area contributed by atoms with Crippen LogP contribution >= 0.6 is 0 Å². The van der Waals surface area contributed by atoms with Gasteiger partial charge in [-0.1, -0.05) is 17.7 Å². The normalized spacial score (nSPS) is 11.0. The van der Waals surface area contributed by atoms with E-state index in [9.17, 15) is 4.79 Å². The Kier molecular flexibility index (Phi) is 2.26. The Morgan fingerprint density at radius 1 is 1.17 bits per heavy atom. The molecule has 1 N–H and O–H groups in total. The Labute approximate surface area is 103 Å². The Morgan fingerprint density at radius 2 is 2.00 bits per heavy atom. The van der Waals surface area contributed by atoms with E-state index in [4.69, 9.17) is 0 Å². The molecule has 5 nitrogen and oxygen atoms in total. The largest absolute Gasteiger partial charge is 0.364 e. The molecule has 2 aromatic heterocycles. The van der Waals surface area contributed by atoms with E-state index in [2.05, 4.69) is 33.5 Å². The molecule has 0 aliphatic carbocycles. The number of H-pyrrole nitrogens is 1. The van der Waals surface area contributed by atoms with E-state index in [0.29, 0.717) is 5.65 Å². The molecule has 0 aliphatic rings. The fourth-order valence-electron chi connectivity index (χ4n) is 1.96. The van der Waals surface area contributed by atoms with E-state index in [1.807, 2.05) is 19.9 Å². The second-order valence-corrected chi connectivity index (χ2v) is 4.34. The topological polar surface area (TPSA) is 63.0 Å². The monoisotopic (exact) mass is 240 g/mol. The number of hydrogen-bond donors (Lipinski definition) is 1. The molecule has 0 aliphatic heterocycles. The van der Waals surface area contributed by atoms with Gasteiger partial charge >= 0.3 is 5.69 Å². The highest BCUT2D eigenvalue weighted by molar-refractivity contribution is 5.64. The van der Waals surface area contributed by atoms with Crippen molar-refractivity contribution in [2.24, 2.45) is 0 Å². The van der Waals surface area contributed by atoms with Crippen molar-refractivity contribution in [2.45, 2.75) is 13.8 Å². The Morgan fingerprint density at radius 3 is 2.83 bits per heavy atom. The Balaban J connectivity index is 2.28. The highest BCUT2D eigenvalue weighted by Gasteiger charge is 2.07. The lowest BCUT2D eigenvalue weighted by atomic mass is 10.0. The zero-order valence-electron chi connectivity index (χ0n) is 10.1. The molecule has 0 saturated carbocycles. The van der Waals surface area contributed by atoms with Crippen molar-refractivity contribution in [3.05, 3.63) is 51.9 Å². The van der Waals surface area contributed by atoms with E-state index in [0.717, 1.165) is 22.4 Å². The first kappa shape index (κ1) is 10.7. The summed E-state index contributed by atoms with van der Waals surface area (Å²) in [4.78, 5) is 11.5. The summed E-state index contributed by atoms with van der Waals surface area (Å²) >= 11 is 0. The third kappa shape index (κ3) is 1.60. The molecule has 0 saturated heterocycles. The SMILES string of the molecule is Cc1ccc(C)c(-c2ccc3n[nH]c(=O)n3n2)c1. The van der Waals surface area contributed by atoms with E-state index in [-0.39, 0.29) is 5.69 Å². The number of aryl methyl sites for hydroxylation is 2. The summed E-state index contributed by atoms with van der Waals surface area (Å²) in [6.07, 6.45) is 0. The predicted molar refractivity (Wildman–Crippen MR) is 68.5 cm³/mol. The van der Waals surface area contributed by atoms with E-state index in [1.165, 1.54) is 4.52 Å².